The van der Waals surface area contributed by atoms with Gasteiger partial charge in [0.25, 0.3) is 0 Å². The minimum absolute atomic E-state index is 0.0502. The molecule has 0 amide bonds. The Labute approximate surface area is 215 Å². The lowest BCUT2D eigenvalue weighted by atomic mass is 9.27. The van der Waals surface area contributed by atoms with Crippen molar-refractivity contribution < 1.29 is 5.79 Å². The molecule has 5 aromatic rings. The van der Waals surface area contributed by atoms with Crippen molar-refractivity contribution >= 4 is 23.1 Å². The Hall–Kier alpha value is -3.78. The number of hydrogen-bond acceptors (Lipinski definition) is 1. The van der Waals surface area contributed by atoms with E-state index in [0.717, 1.165) is 17.1 Å². The van der Waals surface area contributed by atoms with Gasteiger partial charge in [0.1, 0.15) is 11.5 Å². The number of hydrogen-bond donors (Lipinski definition) is 0. The van der Waals surface area contributed by atoms with Crippen molar-refractivity contribution in [3.63, 3.8) is 0 Å². The van der Waals surface area contributed by atoms with Crippen LogP contribution in [0.4, 0.5) is 0 Å². The highest BCUT2D eigenvalue weighted by atomic mass is 16.3. The van der Waals surface area contributed by atoms with Crippen LogP contribution in [0.25, 0.3) is 22.5 Å². The van der Waals surface area contributed by atoms with Crippen molar-refractivity contribution in [2.24, 2.45) is 0 Å². The molecule has 0 N–H and O–H groups in total. The van der Waals surface area contributed by atoms with Crippen molar-refractivity contribution in [1.29, 1.82) is 0 Å². The third kappa shape index (κ3) is 2.73. The maximum atomic E-state index is 8.46. The van der Waals surface area contributed by atoms with E-state index in [0.29, 0.717) is 6.04 Å². The van der Waals surface area contributed by atoms with E-state index in [9.17, 15) is 0 Å². The molecule has 3 heterocycles. The summed E-state index contributed by atoms with van der Waals surface area (Å²) in [5, 5.41) is 0. The molecule has 4 aromatic carbocycles. The molecule has 2 heteroatoms. The predicted molar refractivity (Wildman–Crippen MR) is 151 cm³/mol. The SMILES string of the molecule is [2H]c1ccc2c(c1)C(C)(C)c1cccc3c1B2c1c(oc(-c2ccccc2)c1-c1ccccc1)C3(C)C. The second-order valence-electron chi connectivity index (χ2n) is 11.2. The van der Waals surface area contributed by atoms with E-state index >= 15 is 0 Å². The highest BCUT2D eigenvalue weighted by molar-refractivity contribution is 6.98. The summed E-state index contributed by atoms with van der Waals surface area (Å²) in [5.74, 6) is 1.98. The highest BCUT2D eigenvalue weighted by Gasteiger charge is 2.51. The first-order valence-electron chi connectivity index (χ1n) is 13.3. The fourth-order valence-corrected chi connectivity index (χ4v) is 6.79. The Morgan fingerprint density at radius 3 is 1.94 bits per heavy atom. The minimum Gasteiger partial charge on any atom is -0.460 e. The molecule has 7 rings (SSSR count). The molecule has 1 nitrogen and oxygen atoms in total. The van der Waals surface area contributed by atoms with Crippen molar-refractivity contribution in [3.05, 3.63) is 126 Å². The Morgan fingerprint density at radius 2 is 1.25 bits per heavy atom. The van der Waals surface area contributed by atoms with Gasteiger partial charge in [0, 0.05) is 22.0 Å². The van der Waals surface area contributed by atoms with E-state index in [-0.39, 0.29) is 17.5 Å². The molecular formula is C34H29BO. The standard InChI is InChI=1S/C34H29BO/c1-33(2)24-18-11-12-21-27(24)35-29-25(33)19-13-20-26(29)34(3,4)32-30(35)28(22-14-7-5-8-15-22)31(36-32)23-16-9-6-10-17-23/h5-21H,1-4H3/i11D. The summed E-state index contributed by atoms with van der Waals surface area (Å²) in [7, 11) is 0. The van der Waals surface area contributed by atoms with Gasteiger partial charge in [0.15, 0.2) is 0 Å². The Morgan fingerprint density at radius 1 is 0.611 bits per heavy atom. The van der Waals surface area contributed by atoms with Crippen LogP contribution in [0.1, 0.15) is 51.5 Å². The number of rotatable bonds is 2. The first-order chi connectivity index (χ1) is 17.8. The molecule has 0 radical (unpaired) electrons. The van der Waals surface area contributed by atoms with Crippen LogP contribution in [0.3, 0.4) is 0 Å². The summed E-state index contributed by atoms with van der Waals surface area (Å²) >= 11 is 0. The van der Waals surface area contributed by atoms with Crippen LogP contribution in [0.15, 0.2) is 108 Å². The van der Waals surface area contributed by atoms with Gasteiger partial charge in [-0.1, -0.05) is 128 Å². The third-order valence-electron chi connectivity index (χ3n) is 8.52. The molecule has 2 aliphatic heterocycles. The van der Waals surface area contributed by atoms with E-state index < -0.39 is 0 Å². The molecule has 0 spiro atoms. The topological polar surface area (TPSA) is 13.1 Å². The molecular weight excluding hydrogens is 435 g/mol. The fourth-order valence-electron chi connectivity index (χ4n) is 6.79. The molecule has 0 bridgehead atoms. The minimum atomic E-state index is -0.295. The van der Waals surface area contributed by atoms with Crippen LogP contribution in [0.5, 0.6) is 0 Å². The summed E-state index contributed by atoms with van der Waals surface area (Å²) in [6.07, 6.45) is 0. The maximum absolute atomic E-state index is 8.46. The zero-order valence-electron chi connectivity index (χ0n) is 22.2. The molecule has 0 saturated carbocycles. The largest absolute Gasteiger partial charge is 0.460 e. The number of fused-ring (bicyclic) bond motifs is 4. The maximum Gasteiger partial charge on any atom is 0.247 e. The summed E-state index contributed by atoms with van der Waals surface area (Å²) < 4.78 is 15.5. The Kier molecular flexibility index (Phi) is 4.18. The van der Waals surface area contributed by atoms with Crippen LogP contribution in [0, 0.1) is 0 Å². The first kappa shape index (κ1) is 20.4. The van der Waals surface area contributed by atoms with Gasteiger partial charge in [-0.3, -0.25) is 0 Å². The second kappa shape index (κ2) is 7.37. The van der Waals surface area contributed by atoms with Crippen LogP contribution in [0.2, 0.25) is 0 Å². The average Bonchev–Trinajstić information content (AvgIpc) is 3.31. The van der Waals surface area contributed by atoms with E-state index in [1.165, 1.54) is 44.2 Å². The molecule has 174 valence electrons. The smallest absolute Gasteiger partial charge is 0.247 e. The van der Waals surface area contributed by atoms with E-state index in [1.54, 1.807) is 0 Å². The van der Waals surface area contributed by atoms with Gasteiger partial charge in [-0.15, -0.1) is 0 Å². The quantitative estimate of drug-likeness (QED) is 0.275. The van der Waals surface area contributed by atoms with Crippen LogP contribution >= 0.6 is 0 Å². The van der Waals surface area contributed by atoms with Crippen LogP contribution in [-0.2, 0) is 10.8 Å². The molecule has 0 aliphatic carbocycles. The zero-order valence-corrected chi connectivity index (χ0v) is 21.2. The summed E-state index contributed by atoms with van der Waals surface area (Å²) in [6, 6.07) is 34.8. The van der Waals surface area contributed by atoms with Gasteiger partial charge >= 0.3 is 0 Å². The first-order valence-corrected chi connectivity index (χ1v) is 12.8. The van der Waals surface area contributed by atoms with E-state index in [4.69, 9.17) is 5.79 Å². The van der Waals surface area contributed by atoms with Gasteiger partial charge in [-0.05, 0) is 41.6 Å². The van der Waals surface area contributed by atoms with Gasteiger partial charge in [-0.25, -0.2) is 0 Å². The lowest BCUT2D eigenvalue weighted by Crippen LogP contribution is -2.66. The summed E-state index contributed by atoms with van der Waals surface area (Å²) in [4.78, 5) is 0. The lowest BCUT2D eigenvalue weighted by molar-refractivity contribution is 0.440. The molecule has 1 aromatic heterocycles. The van der Waals surface area contributed by atoms with Crippen molar-refractivity contribution in [2.45, 2.75) is 38.5 Å². The monoisotopic (exact) mass is 465 g/mol. The van der Waals surface area contributed by atoms with Gasteiger partial charge in [0.2, 0.25) is 6.71 Å². The molecule has 36 heavy (non-hydrogen) atoms. The summed E-state index contributed by atoms with van der Waals surface area (Å²) in [5.41, 5.74) is 10.9. The second-order valence-corrected chi connectivity index (χ2v) is 11.2. The highest BCUT2D eigenvalue weighted by Crippen LogP contribution is 2.45. The zero-order chi connectivity index (χ0) is 25.5. The lowest BCUT2D eigenvalue weighted by Gasteiger charge is -2.45. The van der Waals surface area contributed by atoms with Gasteiger partial charge < -0.3 is 4.42 Å². The average molecular weight is 465 g/mol. The third-order valence-corrected chi connectivity index (χ3v) is 8.52. The van der Waals surface area contributed by atoms with Crippen molar-refractivity contribution in [1.82, 2.24) is 0 Å². The normalized spacial score (nSPS) is 16.6. The molecule has 0 atom stereocenters. The van der Waals surface area contributed by atoms with Crippen LogP contribution in [-0.4, -0.2) is 6.71 Å². The number of benzene rings is 4. The van der Waals surface area contributed by atoms with Gasteiger partial charge in [-0.2, -0.15) is 0 Å². The molecule has 0 saturated heterocycles. The molecule has 0 unspecified atom stereocenters. The van der Waals surface area contributed by atoms with Crippen LogP contribution < -0.4 is 16.4 Å². The van der Waals surface area contributed by atoms with E-state index in [2.05, 4.69) is 119 Å². The fraction of sp³-hybridized carbons (Fsp3) is 0.176. The van der Waals surface area contributed by atoms with Crippen molar-refractivity contribution in [2.75, 3.05) is 0 Å². The predicted octanol–water partition coefficient (Wildman–Crippen LogP) is 6.41. The molecule has 0 fully saturated rings. The number of furan rings is 1. The molecule has 2 aliphatic rings. The Bertz CT molecular complexity index is 1680. The Balaban J connectivity index is 1.66. The van der Waals surface area contributed by atoms with Gasteiger partial charge in [0.05, 0.1) is 1.37 Å². The summed E-state index contributed by atoms with van der Waals surface area (Å²) in [6.45, 7) is 9.28. The van der Waals surface area contributed by atoms with Crippen molar-refractivity contribution in [3.8, 4) is 22.5 Å². The van der Waals surface area contributed by atoms with E-state index in [1.807, 2.05) is 6.07 Å².